The molecule has 0 aliphatic carbocycles. The third-order valence-corrected chi connectivity index (χ3v) is 4.63. The molecule has 2 saturated heterocycles. The molecule has 9 heteroatoms. The summed E-state index contributed by atoms with van der Waals surface area (Å²) in [6, 6.07) is 7.53. The van der Waals surface area contributed by atoms with Gasteiger partial charge in [0.25, 0.3) is 5.95 Å². The molecule has 1 N–H and O–H groups in total. The number of aromatic nitrogens is 6. The van der Waals surface area contributed by atoms with Gasteiger partial charge in [-0.1, -0.05) is 6.07 Å². The molecule has 2 fully saturated rings. The molecular weight excluding hydrogens is 332 g/mol. The van der Waals surface area contributed by atoms with E-state index in [1.807, 2.05) is 30.5 Å². The van der Waals surface area contributed by atoms with Crippen LogP contribution < -0.4 is 10.2 Å². The predicted octanol–water partition coefficient (Wildman–Crippen LogP) is 0.298. The maximum atomic E-state index is 5.41. The molecule has 2 aliphatic rings. The number of hydrogen-bond donors (Lipinski definition) is 1. The summed E-state index contributed by atoms with van der Waals surface area (Å²) in [4.78, 5) is 20.5. The number of nitrogens with zero attached hydrogens (tertiary/aromatic N) is 7. The van der Waals surface area contributed by atoms with E-state index in [-0.39, 0.29) is 5.54 Å². The van der Waals surface area contributed by atoms with Gasteiger partial charge in [-0.25, -0.2) is 4.68 Å². The van der Waals surface area contributed by atoms with Crippen LogP contribution in [0.15, 0.2) is 42.9 Å². The minimum absolute atomic E-state index is 0.00189. The predicted molar refractivity (Wildman–Crippen MR) is 93.9 cm³/mol. The second-order valence-electron chi connectivity index (χ2n) is 6.55. The molecule has 5 rings (SSSR count). The first-order valence-corrected chi connectivity index (χ1v) is 8.57. The zero-order valence-electron chi connectivity index (χ0n) is 14.1. The van der Waals surface area contributed by atoms with E-state index in [0.29, 0.717) is 36.6 Å². The van der Waals surface area contributed by atoms with Crippen LogP contribution in [0, 0.1) is 0 Å². The van der Waals surface area contributed by atoms with Gasteiger partial charge in [0.1, 0.15) is 5.69 Å². The number of pyridine rings is 1. The van der Waals surface area contributed by atoms with Gasteiger partial charge in [-0.05, 0) is 18.2 Å². The zero-order chi connectivity index (χ0) is 17.4. The van der Waals surface area contributed by atoms with Crippen LogP contribution in [0.4, 0.5) is 5.95 Å². The number of ether oxygens (including phenoxy) is 1. The highest BCUT2D eigenvalue weighted by Crippen LogP contribution is 2.25. The highest BCUT2D eigenvalue weighted by Gasteiger charge is 2.42. The molecule has 0 unspecified atom stereocenters. The molecule has 0 aromatic carbocycles. The molecule has 1 spiro atoms. The Labute approximate surface area is 150 Å². The summed E-state index contributed by atoms with van der Waals surface area (Å²) >= 11 is 0. The molecule has 0 atom stereocenters. The van der Waals surface area contributed by atoms with Gasteiger partial charge in [0, 0.05) is 38.2 Å². The van der Waals surface area contributed by atoms with Crippen molar-refractivity contribution in [2.24, 2.45) is 0 Å². The van der Waals surface area contributed by atoms with Gasteiger partial charge in [0.05, 0.1) is 18.8 Å². The van der Waals surface area contributed by atoms with Crippen LogP contribution in [-0.4, -0.2) is 68.1 Å². The van der Waals surface area contributed by atoms with Gasteiger partial charge in [0.15, 0.2) is 5.82 Å². The molecule has 3 aromatic rings. The van der Waals surface area contributed by atoms with E-state index < -0.39 is 0 Å². The Bertz CT molecular complexity index is 894. The van der Waals surface area contributed by atoms with Crippen molar-refractivity contribution in [1.82, 2.24) is 35.0 Å². The van der Waals surface area contributed by atoms with Gasteiger partial charge in [-0.15, -0.1) is 0 Å². The highest BCUT2D eigenvalue weighted by atomic mass is 16.5. The fourth-order valence-corrected chi connectivity index (χ4v) is 3.26. The third kappa shape index (κ3) is 2.71. The van der Waals surface area contributed by atoms with E-state index in [4.69, 9.17) is 9.72 Å². The topological polar surface area (TPSA) is 93.9 Å². The average molecular weight is 350 g/mol. The second-order valence-corrected chi connectivity index (χ2v) is 6.55. The van der Waals surface area contributed by atoms with Crippen LogP contribution in [0.2, 0.25) is 0 Å². The monoisotopic (exact) mass is 350 g/mol. The Balaban J connectivity index is 1.57. The largest absolute Gasteiger partial charge is 0.377 e. The maximum absolute atomic E-state index is 5.41. The SMILES string of the molecule is c1ccc(-c2nc(N3CCNC4(COC4)C3)nc(-n3cccn3)n2)nc1. The van der Waals surface area contributed by atoms with Crippen molar-refractivity contribution in [2.75, 3.05) is 37.7 Å². The number of hydrogen-bond acceptors (Lipinski definition) is 8. The standard InChI is InChI=1S/C17H18N8O/c1-2-5-18-13(4-1)14-21-15(23-16(22-14)25-8-3-6-20-25)24-9-7-19-17(10-24)11-26-12-17/h1-6,8,19H,7,9-12H2. The van der Waals surface area contributed by atoms with Crippen molar-refractivity contribution in [2.45, 2.75) is 5.54 Å². The number of nitrogens with one attached hydrogen (secondary N) is 1. The molecule has 0 saturated carbocycles. The lowest BCUT2D eigenvalue weighted by Crippen LogP contribution is -2.70. The van der Waals surface area contributed by atoms with Crippen molar-refractivity contribution in [3.8, 4) is 17.5 Å². The minimum atomic E-state index is 0.00189. The first-order chi connectivity index (χ1) is 12.8. The van der Waals surface area contributed by atoms with E-state index in [2.05, 4.69) is 30.3 Å². The minimum Gasteiger partial charge on any atom is -0.377 e. The summed E-state index contributed by atoms with van der Waals surface area (Å²) in [5.74, 6) is 1.66. The van der Waals surface area contributed by atoms with Gasteiger partial charge >= 0.3 is 0 Å². The van der Waals surface area contributed by atoms with Crippen LogP contribution in [0.1, 0.15) is 0 Å². The van der Waals surface area contributed by atoms with Gasteiger partial charge in [-0.2, -0.15) is 20.1 Å². The summed E-state index contributed by atoms with van der Waals surface area (Å²) in [6.07, 6.45) is 5.26. The summed E-state index contributed by atoms with van der Waals surface area (Å²) < 4.78 is 7.05. The van der Waals surface area contributed by atoms with Crippen LogP contribution in [-0.2, 0) is 4.74 Å². The van der Waals surface area contributed by atoms with Crippen LogP contribution in [0.25, 0.3) is 17.5 Å². The van der Waals surface area contributed by atoms with E-state index in [0.717, 1.165) is 19.6 Å². The molecule has 5 heterocycles. The van der Waals surface area contributed by atoms with E-state index >= 15 is 0 Å². The summed E-state index contributed by atoms with van der Waals surface area (Å²) in [5.41, 5.74) is 0.712. The Morgan fingerprint density at radius 1 is 1.04 bits per heavy atom. The fourth-order valence-electron chi connectivity index (χ4n) is 3.26. The first-order valence-electron chi connectivity index (χ1n) is 8.57. The lowest BCUT2D eigenvalue weighted by molar-refractivity contribution is -0.0744. The summed E-state index contributed by atoms with van der Waals surface area (Å²) in [5, 5.41) is 7.81. The Hall–Kier alpha value is -2.91. The molecule has 2 aliphatic heterocycles. The molecule has 132 valence electrons. The highest BCUT2D eigenvalue weighted by molar-refractivity contribution is 5.52. The van der Waals surface area contributed by atoms with Crippen molar-refractivity contribution >= 4 is 5.95 Å². The van der Waals surface area contributed by atoms with Gasteiger partial charge in [-0.3, -0.25) is 4.98 Å². The van der Waals surface area contributed by atoms with E-state index in [1.165, 1.54) is 0 Å². The van der Waals surface area contributed by atoms with Crippen molar-refractivity contribution < 1.29 is 4.74 Å². The van der Waals surface area contributed by atoms with Crippen molar-refractivity contribution in [3.63, 3.8) is 0 Å². The summed E-state index contributed by atoms with van der Waals surface area (Å²) in [7, 11) is 0. The molecule has 0 amide bonds. The quantitative estimate of drug-likeness (QED) is 0.721. The lowest BCUT2D eigenvalue weighted by Gasteiger charge is -2.48. The summed E-state index contributed by atoms with van der Waals surface area (Å²) in [6.45, 7) is 3.93. The molecule has 0 radical (unpaired) electrons. The van der Waals surface area contributed by atoms with E-state index in [1.54, 1.807) is 17.1 Å². The van der Waals surface area contributed by atoms with Crippen molar-refractivity contribution in [1.29, 1.82) is 0 Å². The van der Waals surface area contributed by atoms with Crippen LogP contribution in [0.3, 0.4) is 0 Å². The number of anilines is 1. The lowest BCUT2D eigenvalue weighted by atomic mass is 9.95. The first kappa shape index (κ1) is 15.4. The Morgan fingerprint density at radius 2 is 1.96 bits per heavy atom. The maximum Gasteiger partial charge on any atom is 0.255 e. The average Bonchev–Trinajstić information content (AvgIpc) is 3.22. The van der Waals surface area contributed by atoms with Gasteiger partial charge in [0.2, 0.25) is 5.95 Å². The fraction of sp³-hybridized carbons (Fsp3) is 0.353. The zero-order valence-corrected chi connectivity index (χ0v) is 14.1. The van der Waals surface area contributed by atoms with Gasteiger partial charge < -0.3 is 15.0 Å². The second kappa shape index (κ2) is 6.11. The van der Waals surface area contributed by atoms with E-state index in [9.17, 15) is 0 Å². The van der Waals surface area contributed by atoms with Crippen molar-refractivity contribution in [3.05, 3.63) is 42.9 Å². The number of piperazine rings is 1. The Kier molecular flexibility index (Phi) is 3.61. The molecule has 3 aromatic heterocycles. The normalized spacial score (nSPS) is 18.7. The molecule has 26 heavy (non-hydrogen) atoms. The third-order valence-electron chi connectivity index (χ3n) is 4.63. The molecule has 0 bridgehead atoms. The smallest absolute Gasteiger partial charge is 0.255 e. The van der Waals surface area contributed by atoms with Crippen LogP contribution in [0.5, 0.6) is 0 Å². The Morgan fingerprint density at radius 3 is 2.69 bits per heavy atom. The number of rotatable bonds is 3. The molecular formula is C17H18N8O. The van der Waals surface area contributed by atoms with Crippen LogP contribution >= 0.6 is 0 Å². The molecule has 9 nitrogen and oxygen atoms in total.